The number of imidazole rings is 3. The van der Waals surface area contributed by atoms with Crippen LogP contribution in [0.2, 0.25) is 0 Å². The Labute approximate surface area is 350 Å². The van der Waals surface area contributed by atoms with E-state index in [4.69, 9.17) is 49.5 Å². The number of H-pyrrole nitrogens is 2. The largest absolute Gasteiger partial charge is 0.756 e. The number of hydrogen-bond acceptors (Lipinski definition) is 26. The van der Waals surface area contributed by atoms with Crippen molar-refractivity contribution in [3.8, 4) is 0 Å². The summed E-state index contributed by atoms with van der Waals surface area (Å²) in [5.74, 6) is 0.101. The van der Waals surface area contributed by atoms with E-state index >= 15 is 0 Å². The van der Waals surface area contributed by atoms with Gasteiger partial charge in [0.05, 0.1) is 26.1 Å². The van der Waals surface area contributed by atoms with Gasteiger partial charge in [-0.1, -0.05) is 9.97 Å². The van der Waals surface area contributed by atoms with Crippen LogP contribution in [0.25, 0.3) is 33.5 Å². The lowest BCUT2D eigenvalue weighted by Crippen LogP contribution is -2.46. The van der Waals surface area contributed by atoms with Gasteiger partial charge in [-0.15, -0.1) is 0 Å². The summed E-state index contributed by atoms with van der Waals surface area (Å²) in [6.45, 7) is -2.83. The zero-order valence-corrected chi connectivity index (χ0v) is 33.6. The number of nitrogens with zero attached hydrogens (tertiary/aromatic N) is 10. The zero-order chi connectivity index (χ0) is 44.5. The van der Waals surface area contributed by atoms with Crippen LogP contribution in [-0.2, 0) is 41.4 Å². The van der Waals surface area contributed by atoms with Crippen molar-refractivity contribution >= 4 is 66.6 Å². The molecule has 9 rings (SSSR count). The molecule has 13 N–H and O–H groups in total. The Morgan fingerprint density at radius 2 is 1.21 bits per heavy atom. The Morgan fingerprint density at radius 1 is 0.683 bits per heavy atom. The fourth-order valence-corrected chi connectivity index (χ4v) is 9.41. The number of aliphatic hydroxyl groups is 5. The number of aromatic nitrogens is 12. The molecule has 0 amide bonds. The Bertz CT molecular complexity index is 2750. The highest BCUT2D eigenvalue weighted by Crippen LogP contribution is 2.49. The Morgan fingerprint density at radius 3 is 1.81 bits per heavy atom. The summed E-state index contributed by atoms with van der Waals surface area (Å²) in [4.78, 5) is 60.4. The molecule has 6 aromatic rings. The van der Waals surface area contributed by atoms with E-state index in [2.05, 4.69) is 44.9 Å². The second kappa shape index (κ2) is 16.5. The molecule has 14 unspecified atom stereocenters. The molecule has 6 aromatic heterocycles. The minimum atomic E-state index is -5.57. The molecular weight excluding hydrogens is 888 g/mol. The fraction of sp³-hybridized carbons (Fsp3) is 0.500. The van der Waals surface area contributed by atoms with Crippen molar-refractivity contribution in [2.24, 2.45) is 0 Å². The van der Waals surface area contributed by atoms with Crippen molar-refractivity contribution in [2.75, 3.05) is 37.0 Å². The van der Waals surface area contributed by atoms with Crippen LogP contribution in [0.5, 0.6) is 0 Å². The van der Waals surface area contributed by atoms with E-state index in [0.29, 0.717) is 5.52 Å². The van der Waals surface area contributed by atoms with Crippen molar-refractivity contribution in [3.63, 3.8) is 0 Å². The van der Waals surface area contributed by atoms with Gasteiger partial charge in [-0.2, -0.15) is 9.97 Å². The lowest BCUT2D eigenvalue weighted by Gasteiger charge is -2.32. The first-order chi connectivity index (χ1) is 30.1. The molecular formula is C30H37N15O16P2. The monoisotopic (exact) mass is 925 g/mol. The summed E-state index contributed by atoms with van der Waals surface area (Å²) in [6.07, 6.45) is -12.5. The maximum absolute atomic E-state index is 13.4. The van der Waals surface area contributed by atoms with Gasteiger partial charge in [0.25, 0.3) is 15.6 Å². The van der Waals surface area contributed by atoms with Gasteiger partial charge in [-0.3, -0.25) is 23.7 Å². The van der Waals surface area contributed by atoms with Crippen molar-refractivity contribution < 1.29 is 85.9 Å². The van der Waals surface area contributed by atoms with E-state index in [1.807, 2.05) is 0 Å². The zero-order valence-electron chi connectivity index (χ0n) is 31.8. The summed E-state index contributed by atoms with van der Waals surface area (Å²) in [5.41, 5.74) is 18.7. The van der Waals surface area contributed by atoms with Gasteiger partial charge in [0.15, 0.2) is 54.6 Å². The van der Waals surface area contributed by atoms with E-state index in [9.17, 15) is 44.4 Å². The van der Waals surface area contributed by atoms with E-state index in [0.717, 1.165) is 19.0 Å². The highest BCUT2D eigenvalue weighted by molar-refractivity contribution is 7.46. The molecule has 0 spiro atoms. The third-order valence-electron chi connectivity index (χ3n) is 10.5. The summed E-state index contributed by atoms with van der Waals surface area (Å²) in [7, 11) is -11.1. The smallest absolute Gasteiger partial charge is 0.309 e. The number of anilines is 3. The average molecular weight is 926 g/mol. The molecule has 3 aliphatic heterocycles. The number of nitrogens with two attached hydrogens (primary N) is 3. The molecule has 3 saturated heterocycles. The van der Waals surface area contributed by atoms with Gasteiger partial charge in [-0.05, 0) is 0 Å². The molecule has 9 heterocycles. The molecule has 338 valence electrons. The summed E-state index contributed by atoms with van der Waals surface area (Å²) in [6, 6.07) is 0. The lowest BCUT2D eigenvalue weighted by atomic mass is 10.1. The number of fused-ring (bicyclic) bond motifs is 3. The van der Waals surface area contributed by atoms with Gasteiger partial charge >= 0.3 is 11.3 Å². The number of nitrogen functional groups attached to an aromatic ring is 3. The molecule has 3 fully saturated rings. The molecule has 63 heavy (non-hydrogen) atoms. The molecule has 0 aliphatic carbocycles. The third-order valence-corrected chi connectivity index (χ3v) is 12.5. The quantitative estimate of drug-likeness (QED) is 0.0359. The SMILES string of the molecule is Nc1ncnc2c1ncn2C1OC(CO)C(OP(=O)([O-])OCC2OC([n+]3c[nH]c4c(N)ncnc43)C(O)C2OP(=O)([O-])OCC2OC([n+]3c[nH]c4c(N)ncnc43)C(O)C2O)C1O. The second-order valence-corrected chi connectivity index (χ2v) is 17.1. The molecule has 0 bridgehead atoms. The third kappa shape index (κ3) is 7.86. The summed E-state index contributed by atoms with van der Waals surface area (Å²) < 4.78 is 68.5. The maximum atomic E-state index is 13.4. The van der Waals surface area contributed by atoms with Gasteiger partial charge < -0.3 is 84.8 Å². The van der Waals surface area contributed by atoms with Crippen LogP contribution in [0.3, 0.4) is 0 Å². The summed E-state index contributed by atoms with van der Waals surface area (Å²) in [5, 5.41) is 54.4. The number of phosphoric ester groups is 2. The van der Waals surface area contributed by atoms with E-state index < -0.39 is 109 Å². The fourth-order valence-electron chi connectivity index (χ4n) is 7.51. The van der Waals surface area contributed by atoms with Crippen molar-refractivity contribution in [1.82, 2.24) is 49.4 Å². The molecule has 0 saturated carbocycles. The number of hydrogen-bond donors (Lipinski definition) is 10. The lowest BCUT2D eigenvalue weighted by molar-refractivity contribution is -0.745. The number of aliphatic hydroxyl groups excluding tert-OH is 5. The van der Waals surface area contributed by atoms with Crippen molar-refractivity contribution in [1.29, 1.82) is 0 Å². The second-order valence-electron chi connectivity index (χ2n) is 14.3. The first-order valence-corrected chi connectivity index (χ1v) is 21.5. The predicted octanol–water partition coefficient (Wildman–Crippen LogP) is -6.04. The molecule has 33 heteroatoms. The number of phosphoric acid groups is 2. The van der Waals surface area contributed by atoms with Crippen molar-refractivity contribution in [2.45, 2.75) is 73.6 Å². The topological polar surface area (TPSA) is 459 Å². The van der Waals surface area contributed by atoms with Gasteiger partial charge in [0, 0.05) is 0 Å². The van der Waals surface area contributed by atoms with Crippen molar-refractivity contribution in [3.05, 3.63) is 38.0 Å². The first-order valence-electron chi connectivity index (χ1n) is 18.5. The first kappa shape index (κ1) is 43.2. The number of ether oxygens (including phenoxy) is 3. The van der Waals surface area contributed by atoms with Crippen LogP contribution in [0.1, 0.15) is 18.7 Å². The molecule has 31 nitrogen and oxygen atoms in total. The van der Waals surface area contributed by atoms with Gasteiger partial charge in [-0.25, -0.2) is 24.1 Å². The molecule has 3 aliphatic rings. The number of nitrogens with one attached hydrogen (secondary N) is 2. The number of aromatic amines is 2. The predicted molar refractivity (Wildman–Crippen MR) is 196 cm³/mol. The standard InChI is InChI=1S/C30H37N15O16P2/c31-22-13-25(37-4-34-22)43(7-40-13)28-17(48)16(47)11(58-28)2-55-62(51,52)61-21-12(59-30(19(21)50)45-9-42-15-24(33)36-6-39-27(15)45)3-56-63(53,54)60-20-10(1-46)57-29(18(20)49)44-8-41-14-23(32)35-5-38-26(14)44/h4-12,16-21,28-30,46-50H,1-3H2,(H8,31,32,33,34,35,36,37,38,39,51,52,53,54). The average Bonchev–Trinajstić information content (AvgIpc) is 4.11. The minimum absolute atomic E-state index is 0.00474. The van der Waals surface area contributed by atoms with Gasteiger partial charge in [0.1, 0.15) is 66.8 Å². The normalized spacial score (nSPS) is 31.9. The Hall–Kier alpha value is -5.05. The molecule has 14 atom stereocenters. The minimum Gasteiger partial charge on any atom is -0.756 e. The van der Waals surface area contributed by atoms with E-state index in [1.54, 1.807) is 0 Å². The van der Waals surface area contributed by atoms with E-state index in [-0.39, 0.29) is 45.4 Å². The highest BCUT2D eigenvalue weighted by atomic mass is 31.2. The Balaban J connectivity index is 0.910. The highest BCUT2D eigenvalue weighted by Gasteiger charge is 2.52. The van der Waals surface area contributed by atoms with Crippen LogP contribution in [0, 0.1) is 0 Å². The maximum Gasteiger partial charge on any atom is 0.309 e. The molecule has 0 aromatic carbocycles. The van der Waals surface area contributed by atoms with Crippen LogP contribution < -0.4 is 36.1 Å². The summed E-state index contributed by atoms with van der Waals surface area (Å²) >= 11 is 0. The van der Waals surface area contributed by atoms with Crippen LogP contribution >= 0.6 is 15.6 Å². The van der Waals surface area contributed by atoms with Crippen LogP contribution in [0.4, 0.5) is 17.5 Å². The van der Waals surface area contributed by atoms with Crippen LogP contribution in [-0.4, -0.2) is 150 Å². The van der Waals surface area contributed by atoms with Gasteiger partial charge in [0.2, 0.25) is 23.5 Å². The molecule has 0 radical (unpaired) electrons. The number of rotatable bonds is 14. The van der Waals surface area contributed by atoms with E-state index in [1.165, 1.54) is 32.7 Å². The Kier molecular flexibility index (Phi) is 11.3. The van der Waals surface area contributed by atoms with Crippen LogP contribution in [0.15, 0.2) is 38.0 Å².